The number of carbonyl (C=O) groups is 2. The van der Waals surface area contributed by atoms with E-state index in [1.807, 2.05) is 67.5 Å². The molecule has 0 bridgehead atoms. The van der Waals surface area contributed by atoms with Gasteiger partial charge in [-0.05, 0) is 54.9 Å². The van der Waals surface area contributed by atoms with Gasteiger partial charge >= 0.3 is 5.97 Å². The molecule has 1 aromatic heterocycles. The van der Waals surface area contributed by atoms with Crippen LogP contribution in [0.4, 0.5) is 0 Å². The first-order valence-electron chi connectivity index (χ1n) is 12.7. The van der Waals surface area contributed by atoms with Gasteiger partial charge in [0.25, 0.3) is 0 Å². The molecule has 0 atom stereocenters. The Balaban J connectivity index is 1.41. The van der Waals surface area contributed by atoms with Crippen molar-refractivity contribution in [3.63, 3.8) is 0 Å². The summed E-state index contributed by atoms with van der Waals surface area (Å²) in [7, 11) is 6.71. The van der Waals surface area contributed by atoms with Crippen molar-refractivity contribution in [2.75, 3.05) is 28.3 Å². The summed E-state index contributed by atoms with van der Waals surface area (Å²) in [6.07, 6.45) is 6.78. The van der Waals surface area contributed by atoms with Gasteiger partial charge in [-0.15, -0.1) is 5.10 Å². The zero-order valence-corrected chi connectivity index (χ0v) is 22.3. The first-order valence-corrected chi connectivity index (χ1v) is 12.7. The van der Waals surface area contributed by atoms with Gasteiger partial charge in [0.2, 0.25) is 11.6 Å². The minimum atomic E-state index is -0.579. The highest BCUT2D eigenvalue weighted by Gasteiger charge is 2.29. The Labute approximate surface area is 223 Å². The second-order valence-electron chi connectivity index (χ2n) is 9.60. The summed E-state index contributed by atoms with van der Waals surface area (Å²) >= 11 is 0. The van der Waals surface area contributed by atoms with Gasteiger partial charge in [0, 0.05) is 31.9 Å². The minimum Gasteiger partial charge on any atom is -0.497 e. The molecule has 1 heterocycles. The van der Waals surface area contributed by atoms with E-state index in [2.05, 4.69) is 10.3 Å². The molecule has 9 nitrogen and oxygen atoms in total. The van der Waals surface area contributed by atoms with Crippen LogP contribution in [-0.2, 0) is 11.3 Å². The molecular weight excluding hydrogens is 484 g/mol. The molecule has 9 heteroatoms. The van der Waals surface area contributed by atoms with E-state index in [0.717, 1.165) is 37.0 Å². The molecule has 0 N–H and O–H groups in total. The van der Waals surface area contributed by atoms with Crippen LogP contribution in [0.1, 0.15) is 63.6 Å². The molecule has 0 spiro atoms. The highest BCUT2D eigenvalue weighted by atomic mass is 16.5. The molecule has 3 aromatic rings. The average Bonchev–Trinajstić information content (AvgIpc) is 3.33. The number of allylic oxidation sites excluding steroid dienone is 1. The average molecular weight is 519 g/mol. The second kappa shape index (κ2) is 12.4. The van der Waals surface area contributed by atoms with Gasteiger partial charge in [-0.3, -0.25) is 4.79 Å². The number of ether oxygens (including phenoxy) is 3. The number of esters is 1. The first kappa shape index (κ1) is 26.9. The highest BCUT2D eigenvalue weighted by Crippen LogP contribution is 2.35. The minimum absolute atomic E-state index is 0.0105. The van der Waals surface area contributed by atoms with E-state index in [0.29, 0.717) is 23.9 Å². The zero-order chi connectivity index (χ0) is 27.1. The molecule has 0 saturated heterocycles. The Morgan fingerprint density at radius 2 is 1.68 bits per heavy atom. The molecule has 200 valence electrons. The molecule has 1 aliphatic rings. The molecule has 0 radical (unpaired) electrons. The van der Waals surface area contributed by atoms with E-state index in [1.54, 1.807) is 24.1 Å². The number of hydrogen-bond acceptors (Lipinski definition) is 8. The van der Waals surface area contributed by atoms with Crippen molar-refractivity contribution < 1.29 is 23.8 Å². The van der Waals surface area contributed by atoms with Gasteiger partial charge < -0.3 is 19.1 Å². The highest BCUT2D eigenvalue weighted by molar-refractivity contribution is 6.04. The van der Waals surface area contributed by atoms with E-state index >= 15 is 0 Å². The van der Waals surface area contributed by atoms with Crippen LogP contribution in [0.5, 0.6) is 11.6 Å². The molecule has 38 heavy (non-hydrogen) atoms. The molecule has 1 fully saturated rings. The SMILES string of the molecule is COC(=O)c1nnn(Cc2ccc(OC)cc2)c1OC1CCC(c2ccc(C(=O)/C=C/N(C)C)cc2)CC1. The van der Waals surface area contributed by atoms with Crippen LogP contribution in [0, 0.1) is 0 Å². The number of benzene rings is 2. The van der Waals surface area contributed by atoms with Crippen LogP contribution in [0.25, 0.3) is 0 Å². The summed E-state index contributed by atoms with van der Waals surface area (Å²) < 4.78 is 18.1. The number of aromatic nitrogens is 3. The van der Waals surface area contributed by atoms with Crippen LogP contribution < -0.4 is 9.47 Å². The number of hydrogen-bond donors (Lipinski definition) is 0. The zero-order valence-electron chi connectivity index (χ0n) is 22.3. The maximum Gasteiger partial charge on any atom is 0.364 e. The Morgan fingerprint density at radius 1 is 1.00 bits per heavy atom. The molecule has 0 amide bonds. The smallest absolute Gasteiger partial charge is 0.364 e. The summed E-state index contributed by atoms with van der Waals surface area (Å²) in [5.74, 6) is 0.884. The van der Waals surface area contributed by atoms with Crippen molar-refractivity contribution in [2.45, 2.75) is 44.2 Å². The van der Waals surface area contributed by atoms with Crippen LogP contribution in [0.3, 0.4) is 0 Å². The van der Waals surface area contributed by atoms with Gasteiger partial charge in [-0.25, -0.2) is 9.48 Å². The van der Waals surface area contributed by atoms with Gasteiger partial charge in [0.15, 0.2) is 5.78 Å². The third-order valence-corrected chi connectivity index (χ3v) is 6.70. The Morgan fingerprint density at radius 3 is 2.29 bits per heavy atom. The summed E-state index contributed by atoms with van der Waals surface area (Å²) in [4.78, 5) is 26.5. The molecule has 4 rings (SSSR count). The lowest BCUT2D eigenvalue weighted by atomic mass is 9.82. The molecule has 2 aromatic carbocycles. The van der Waals surface area contributed by atoms with Crippen LogP contribution in [0.15, 0.2) is 60.8 Å². The van der Waals surface area contributed by atoms with Crippen molar-refractivity contribution >= 4 is 11.8 Å². The number of rotatable bonds is 10. The molecule has 0 aliphatic heterocycles. The summed E-state index contributed by atoms with van der Waals surface area (Å²) in [5, 5.41) is 8.21. The number of carbonyl (C=O) groups excluding carboxylic acids is 2. The standard InChI is InChI=1S/C29H34N4O5/c1-32(2)18-17-26(34)23-9-7-21(8-10-23)22-11-15-25(16-12-22)38-28-27(29(35)37-4)30-31-33(28)19-20-5-13-24(36-3)14-6-20/h5-10,13-14,17-18,22,25H,11-12,15-16,19H2,1-4H3/b18-17+. The van der Waals surface area contributed by atoms with E-state index in [9.17, 15) is 9.59 Å². The summed E-state index contributed by atoms with van der Waals surface area (Å²) in [6, 6.07) is 15.5. The molecule has 1 saturated carbocycles. The predicted octanol–water partition coefficient (Wildman–Crippen LogP) is 4.48. The third kappa shape index (κ3) is 6.59. The number of nitrogens with zero attached hydrogens (tertiary/aromatic N) is 4. The Bertz CT molecular complexity index is 1260. The fraction of sp³-hybridized carbons (Fsp3) is 0.379. The van der Waals surface area contributed by atoms with E-state index < -0.39 is 5.97 Å². The molecular formula is C29H34N4O5. The van der Waals surface area contributed by atoms with Crippen molar-refractivity contribution in [3.05, 3.63) is 83.2 Å². The van der Waals surface area contributed by atoms with Crippen molar-refractivity contribution in [2.24, 2.45) is 0 Å². The van der Waals surface area contributed by atoms with Gasteiger partial charge in [0.1, 0.15) is 11.9 Å². The molecule has 0 unspecified atom stereocenters. The lowest BCUT2D eigenvalue weighted by molar-refractivity contribution is 0.0580. The predicted molar refractivity (Wildman–Crippen MR) is 143 cm³/mol. The summed E-state index contributed by atoms with van der Waals surface area (Å²) in [5.41, 5.74) is 2.95. The lowest BCUT2D eigenvalue weighted by Crippen LogP contribution is -2.25. The fourth-order valence-electron chi connectivity index (χ4n) is 4.56. The maximum absolute atomic E-state index is 12.3. The number of methoxy groups -OCH3 is 2. The Kier molecular flexibility index (Phi) is 8.78. The number of ketones is 1. The Hall–Kier alpha value is -4.14. The largest absolute Gasteiger partial charge is 0.497 e. The third-order valence-electron chi connectivity index (χ3n) is 6.70. The van der Waals surface area contributed by atoms with Crippen LogP contribution in [0.2, 0.25) is 0 Å². The fourth-order valence-corrected chi connectivity index (χ4v) is 4.56. The van der Waals surface area contributed by atoms with Crippen molar-refractivity contribution in [1.29, 1.82) is 0 Å². The van der Waals surface area contributed by atoms with Gasteiger partial charge in [-0.2, -0.15) is 0 Å². The van der Waals surface area contributed by atoms with Crippen LogP contribution >= 0.6 is 0 Å². The first-order chi connectivity index (χ1) is 18.4. The topological polar surface area (TPSA) is 95.8 Å². The quantitative estimate of drug-likeness (QED) is 0.220. The second-order valence-corrected chi connectivity index (χ2v) is 9.60. The molecule has 1 aliphatic carbocycles. The van der Waals surface area contributed by atoms with E-state index in [1.165, 1.54) is 12.7 Å². The van der Waals surface area contributed by atoms with E-state index in [-0.39, 0.29) is 17.6 Å². The monoisotopic (exact) mass is 518 g/mol. The normalized spacial score (nSPS) is 17.3. The van der Waals surface area contributed by atoms with Crippen molar-refractivity contribution in [1.82, 2.24) is 19.9 Å². The van der Waals surface area contributed by atoms with E-state index in [4.69, 9.17) is 14.2 Å². The van der Waals surface area contributed by atoms with Crippen LogP contribution in [-0.4, -0.2) is 66.1 Å². The summed E-state index contributed by atoms with van der Waals surface area (Å²) in [6.45, 7) is 0.396. The van der Waals surface area contributed by atoms with Gasteiger partial charge in [-0.1, -0.05) is 41.6 Å². The maximum atomic E-state index is 12.3. The lowest BCUT2D eigenvalue weighted by Gasteiger charge is -2.29. The van der Waals surface area contributed by atoms with Gasteiger partial charge in [0.05, 0.1) is 20.8 Å². The van der Waals surface area contributed by atoms with Crippen molar-refractivity contribution in [3.8, 4) is 11.6 Å².